The van der Waals surface area contributed by atoms with E-state index in [1.807, 2.05) is 47.4 Å². The van der Waals surface area contributed by atoms with Crippen LogP contribution in [0, 0.1) is 29.1 Å². The summed E-state index contributed by atoms with van der Waals surface area (Å²) in [6.45, 7) is 7.12. The average Bonchev–Trinajstić information content (AvgIpc) is 3.98. The molecular weight excluding hydrogens is 863 g/mol. The number of esters is 2. The number of rotatable bonds is 9. The number of piperazine rings is 1. The number of amides is 2. The predicted octanol–water partition coefficient (Wildman–Crippen LogP) is 8.85. The summed E-state index contributed by atoms with van der Waals surface area (Å²) in [7, 11) is 0. The number of aromatic carboxylic acids is 2. The Morgan fingerprint density at radius 3 is 1.91 bits per heavy atom. The number of carbonyl (C=O) groups excluding carboxylic acids is 4. The summed E-state index contributed by atoms with van der Waals surface area (Å²) in [5.74, 6) is -2.51. The summed E-state index contributed by atoms with van der Waals surface area (Å²) >= 11 is 0. The molecule has 5 fully saturated rings. The molecule has 4 aromatic carbocycles. The van der Waals surface area contributed by atoms with E-state index in [1.54, 1.807) is 29.2 Å². The van der Waals surface area contributed by atoms with E-state index in [1.165, 1.54) is 24.3 Å². The largest absolute Gasteiger partial charge is 0.478 e. The molecule has 2 aliphatic heterocycles. The highest BCUT2D eigenvalue weighted by Crippen LogP contribution is 2.60. The lowest BCUT2D eigenvalue weighted by Gasteiger charge is -2.51. The van der Waals surface area contributed by atoms with Crippen LogP contribution < -0.4 is 0 Å². The van der Waals surface area contributed by atoms with Gasteiger partial charge in [0.15, 0.2) is 0 Å². The topological polar surface area (TPSA) is 171 Å². The number of likely N-dealkylation sites (tertiary alicyclic amines) is 1. The second-order valence-corrected chi connectivity index (χ2v) is 20.2. The molecule has 9 atom stereocenters. The monoisotopic (exact) mass is 925 g/mol. The molecule has 9 unspecified atom stereocenters. The van der Waals surface area contributed by atoms with Gasteiger partial charge in [0, 0.05) is 49.7 Å². The van der Waals surface area contributed by atoms with E-state index >= 15 is 0 Å². The highest BCUT2D eigenvalue weighted by molar-refractivity contribution is 6.03. The standard InChI is InChI=1S/C55H63N3O10/c1-34-32-46(56-28-30-57(31-29-56)50(60)45-19-11-27-58(45)49(59)37-22-21-35-12-3-4-13-36(35)33-37)47(67-53(65)42-17-7-5-15-40(42)51(61)62)20-10-9-14-39-38(34)25-26-55(2)44(39)23-24-48(55)68-54(66)43-18-8-6-16-41(43)52(63)64/h3-8,12-13,15-18,21-22,33-34,38-39,44-48H,9-11,14,19-20,23-32H2,1-2H3,(H,61,62)(H,63,64). The van der Waals surface area contributed by atoms with E-state index in [0.717, 1.165) is 68.6 Å². The number of carboxylic acids is 2. The van der Waals surface area contributed by atoms with E-state index in [4.69, 9.17) is 9.47 Å². The summed E-state index contributed by atoms with van der Waals surface area (Å²) in [5, 5.41) is 21.8. The van der Waals surface area contributed by atoms with E-state index < -0.39 is 36.0 Å². The van der Waals surface area contributed by atoms with Crippen LogP contribution in [-0.2, 0) is 14.3 Å². The smallest absolute Gasteiger partial charge is 0.339 e. The van der Waals surface area contributed by atoms with Crippen molar-refractivity contribution in [3.05, 3.63) is 119 Å². The molecule has 0 bridgehead atoms. The minimum atomic E-state index is -1.20. The number of hydrogen-bond donors (Lipinski definition) is 2. The van der Waals surface area contributed by atoms with Crippen molar-refractivity contribution in [1.29, 1.82) is 0 Å². The van der Waals surface area contributed by atoms with Crippen molar-refractivity contribution in [3.63, 3.8) is 0 Å². The van der Waals surface area contributed by atoms with E-state index in [2.05, 4.69) is 18.7 Å². The summed E-state index contributed by atoms with van der Waals surface area (Å²) in [4.78, 5) is 86.0. The van der Waals surface area contributed by atoms with Crippen molar-refractivity contribution < 1.29 is 48.5 Å². The van der Waals surface area contributed by atoms with Gasteiger partial charge in [-0.15, -0.1) is 0 Å². The van der Waals surface area contributed by atoms with Gasteiger partial charge in [0.2, 0.25) is 5.91 Å². The molecule has 13 heteroatoms. The molecule has 9 rings (SSSR count). The summed E-state index contributed by atoms with van der Waals surface area (Å²) in [5.41, 5.74) is 0.238. The first-order valence-corrected chi connectivity index (χ1v) is 24.7. The second kappa shape index (κ2) is 19.9. The molecular formula is C55H63N3O10. The minimum absolute atomic E-state index is 0.0215. The fourth-order valence-electron chi connectivity index (χ4n) is 13.1. The number of carbonyl (C=O) groups is 6. The lowest BCUT2D eigenvalue weighted by atomic mass is 9.56. The third kappa shape index (κ3) is 9.26. The fourth-order valence-corrected chi connectivity index (χ4v) is 13.1. The number of ether oxygens (including phenoxy) is 2. The average molecular weight is 926 g/mol. The maximum absolute atomic E-state index is 14.3. The first-order chi connectivity index (χ1) is 32.8. The van der Waals surface area contributed by atoms with Crippen molar-refractivity contribution in [2.24, 2.45) is 29.1 Å². The van der Waals surface area contributed by atoms with Crippen LogP contribution in [0.1, 0.15) is 136 Å². The van der Waals surface area contributed by atoms with Crippen molar-refractivity contribution in [2.45, 2.75) is 109 Å². The normalized spacial score (nSPS) is 28.8. The molecule has 68 heavy (non-hydrogen) atoms. The molecule has 13 nitrogen and oxygen atoms in total. The summed E-state index contributed by atoms with van der Waals surface area (Å²) in [6, 6.07) is 25.3. The molecule has 5 aliphatic rings. The SMILES string of the molecule is CC1CC(N2CCN(C(=O)C3CCCN3C(=O)c3ccc4ccccc4c3)CC2)C(OC(=O)c2ccccc2C(=O)O)CCCCC2C1CCC1(C)C(OC(=O)c3ccccc3C(=O)O)CCC21. The lowest BCUT2D eigenvalue weighted by molar-refractivity contribution is -0.138. The molecule has 3 saturated carbocycles. The number of nitrogens with zero attached hydrogens (tertiary/aromatic N) is 3. The fraction of sp³-hybridized carbons (Fsp3) is 0.491. The second-order valence-electron chi connectivity index (χ2n) is 20.2. The van der Waals surface area contributed by atoms with Gasteiger partial charge in [-0.05, 0) is 135 Å². The summed E-state index contributed by atoms with van der Waals surface area (Å²) in [6.07, 6.45) is 7.94. The predicted molar refractivity (Wildman–Crippen MR) is 254 cm³/mol. The minimum Gasteiger partial charge on any atom is -0.478 e. The molecule has 0 radical (unpaired) electrons. The van der Waals surface area contributed by atoms with Gasteiger partial charge < -0.3 is 29.5 Å². The van der Waals surface area contributed by atoms with Gasteiger partial charge in [-0.2, -0.15) is 0 Å². The lowest BCUT2D eigenvalue weighted by Crippen LogP contribution is -2.58. The zero-order valence-electron chi connectivity index (χ0n) is 39.1. The van der Waals surface area contributed by atoms with Crippen LogP contribution in [0.25, 0.3) is 10.8 Å². The van der Waals surface area contributed by atoms with Crippen LogP contribution in [0.2, 0.25) is 0 Å². The number of fused-ring (bicyclic) bond motifs is 4. The van der Waals surface area contributed by atoms with Crippen molar-refractivity contribution >= 4 is 46.5 Å². The van der Waals surface area contributed by atoms with Gasteiger partial charge in [-0.3, -0.25) is 14.5 Å². The Morgan fingerprint density at radius 1 is 0.618 bits per heavy atom. The first kappa shape index (κ1) is 47.0. The van der Waals surface area contributed by atoms with Gasteiger partial charge in [0.1, 0.15) is 18.2 Å². The Labute approximate surface area is 397 Å². The van der Waals surface area contributed by atoms with Gasteiger partial charge in [0.05, 0.1) is 22.3 Å². The van der Waals surface area contributed by atoms with E-state index in [9.17, 15) is 39.0 Å². The van der Waals surface area contributed by atoms with Gasteiger partial charge in [-0.1, -0.05) is 74.9 Å². The van der Waals surface area contributed by atoms with Crippen LogP contribution in [0.3, 0.4) is 0 Å². The highest BCUT2D eigenvalue weighted by atomic mass is 16.5. The molecule has 2 amide bonds. The zero-order valence-corrected chi connectivity index (χ0v) is 39.1. The Balaban J connectivity index is 0.921. The molecule has 0 spiro atoms. The Morgan fingerprint density at radius 2 is 1.24 bits per heavy atom. The molecule has 2 N–H and O–H groups in total. The van der Waals surface area contributed by atoms with Crippen molar-refractivity contribution in [1.82, 2.24) is 14.7 Å². The number of carboxylic acid groups (broad SMARTS) is 2. The Hall–Kier alpha value is -6.08. The molecule has 3 aliphatic carbocycles. The van der Waals surface area contributed by atoms with Crippen molar-refractivity contribution in [2.75, 3.05) is 32.7 Å². The quantitative estimate of drug-likeness (QED) is 0.154. The van der Waals surface area contributed by atoms with Gasteiger partial charge in [-0.25, -0.2) is 19.2 Å². The molecule has 2 heterocycles. The van der Waals surface area contributed by atoms with Gasteiger partial charge in [0.25, 0.3) is 5.91 Å². The Kier molecular flexibility index (Phi) is 13.7. The molecule has 0 aromatic heterocycles. The molecule has 2 saturated heterocycles. The molecule has 358 valence electrons. The van der Waals surface area contributed by atoms with Gasteiger partial charge >= 0.3 is 23.9 Å². The zero-order chi connectivity index (χ0) is 47.7. The first-order valence-electron chi connectivity index (χ1n) is 24.7. The van der Waals surface area contributed by atoms with E-state index in [0.29, 0.717) is 68.9 Å². The number of hydrogen-bond acceptors (Lipinski definition) is 9. The number of benzene rings is 4. The molecule has 4 aromatic rings. The maximum Gasteiger partial charge on any atom is 0.339 e. The summed E-state index contributed by atoms with van der Waals surface area (Å²) < 4.78 is 12.7. The Bertz CT molecular complexity index is 2570. The van der Waals surface area contributed by atoms with E-state index in [-0.39, 0.29) is 57.5 Å². The van der Waals surface area contributed by atoms with Crippen molar-refractivity contribution in [3.8, 4) is 0 Å². The third-order valence-corrected chi connectivity index (χ3v) is 16.6. The van der Waals surface area contributed by atoms with Crippen LogP contribution in [0.15, 0.2) is 91.0 Å². The van der Waals surface area contributed by atoms with Crippen LogP contribution in [0.4, 0.5) is 0 Å². The maximum atomic E-state index is 14.3. The van der Waals surface area contributed by atoms with Crippen LogP contribution in [0.5, 0.6) is 0 Å². The third-order valence-electron chi connectivity index (χ3n) is 16.6. The van der Waals surface area contributed by atoms with Crippen LogP contribution in [-0.4, -0.2) is 118 Å². The highest BCUT2D eigenvalue weighted by Gasteiger charge is 2.56. The van der Waals surface area contributed by atoms with Crippen LogP contribution >= 0.6 is 0 Å².